The van der Waals surface area contributed by atoms with Gasteiger partial charge in [-0.25, -0.2) is 0 Å². The van der Waals surface area contributed by atoms with Crippen molar-refractivity contribution in [3.8, 4) is 0 Å². The van der Waals surface area contributed by atoms with Crippen LogP contribution in [0.4, 0.5) is 0 Å². The zero-order valence-electron chi connectivity index (χ0n) is 11.7. The molecule has 0 aliphatic rings. The fourth-order valence-electron chi connectivity index (χ4n) is 2.81. The van der Waals surface area contributed by atoms with Gasteiger partial charge in [0.05, 0.1) is 0 Å². The van der Waals surface area contributed by atoms with Gasteiger partial charge in [0.25, 0.3) is 0 Å². The van der Waals surface area contributed by atoms with E-state index in [1.54, 1.807) is 0 Å². The Morgan fingerprint density at radius 3 is 0.950 bits per heavy atom. The van der Waals surface area contributed by atoms with E-state index < -0.39 is 0 Å². The Labute approximate surface area is 134 Å². The van der Waals surface area contributed by atoms with E-state index in [1.165, 1.54) is 16.7 Å². The van der Waals surface area contributed by atoms with Gasteiger partial charge in [-0.2, -0.15) is 0 Å². The van der Waals surface area contributed by atoms with Crippen LogP contribution in [0.2, 0.25) is 0 Å². The molecular formula is C19H19Sb. The van der Waals surface area contributed by atoms with E-state index in [0.717, 1.165) is 0 Å². The van der Waals surface area contributed by atoms with Gasteiger partial charge in [0.2, 0.25) is 0 Å². The molecular weight excluding hydrogens is 350 g/mol. The van der Waals surface area contributed by atoms with Crippen molar-refractivity contribution in [2.24, 2.45) is 0 Å². The molecule has 3 rings (SSSR count). The number of benzene rings is 3. The van der Waals surface area contributed by atoms with Gasteiger partial charge in [-0.1, -0.05) is 0 Å². The molecule has 0 radical (unpaired) electrons. The summed E-state index contributed by atoms with van der Waals surface area (Å²) < 4.78 is 0.0888. The first-order valence-electron chi connectivity index (χ1n) is 6.98. The van der Waals surface area contributed by atoms with Crippen LogP contribution in [0.5, 0.6) is 0 Å². The Morgan fingerprint density at radius 1 is 0.450 bits per heavy atom. The van der Waals surface area contributed by atoms with Gasteiger partial charge in [0, 0.05) is 0 Å². The molecule has 0 nitrogen and oxygen atoms in total. The normalized spacial score (nSPS) is 11.3. The van der Waals surface area contributed by atoms with Crippen molar-refractivity contribution >= 4 is 23.0 Å². The fraction of sp³-hybridized carbons (Fsp3) is 0.0526. The molecule has 0 spiro atoms. The molecule has 0 heterocycles. The second kappa shape index (κ2) is 5.85. The van der Waals surface area contributed by atoms with Crippen LogP contribution in [0.3, 0.4) is 0 Å². The average Bonchev–Trinajstić information content (AvgIpc) is 2.56. The molecule has 0 bridgehead atoms. The van der Waals surface area contributed by atoms with Gasteiger partial charge in [0.1, 0.15) is 0 Å². The molecule has 0 aliphatic heterocycles. The zero-order chi connectivity index (χ0) is 13.8. The maximum atomic E-state index is 2.26. The molecule has 0 saturated heterocycles. The van der Waals surface area contributed by atoms with Gasteiger partial charge in [-0.3, -0.25) is 0 Å². The molecule has 3 aromatic carbocycles. The van der Waals surface area contributed by atoms with Crippen LogP contribution in [0.25, 0.3) is 0 Å². The molecule has 20 heavy (non-hydrogen) atoms. The Bertz CT molecular complexity index is 563. The molecule has 1 heteroatoms. The third-order valence-electron chi connectivity index (χ3n) is 4.05. The van der Waals surface area contributed by atoms with Gasteiger partial charge in [-0.05, 0) is 0 Å². The van der Waals surface area contributed by atoms with Gasteiger partial charge < -0.3 is 0 Å². The number of hydrogen-bond acceptors (Lipinski definition) is 0. The standard InChI is InChI=1S/C19H15.Sb.4H/c1-4-10-16(11-5-1)19(17-12-6-2-7-13-17)18-14-8-3-9-15-18;;;;;/h1-15H;;;;;. The fourth-order valence-corrected chi connectivity index (χ4v) is 5.67. The summed E-state index contributed by atoms with van der Waals surface area (Å²) in [5.74, 6) is 0. The Kier molecular flexibility index (Phi) is 3.94. The number of hydrogen-bond donors (Lipinski definition) is 0. The van der Waals surface area contributed by atoms with Gasteiger partial charge in [-0.15, -0.1) is 0 Å². The van der Waals surface area contributed by atoms with Crippen LogP contribution in [0.15, 0.2) is 91.0 Å². The first-order chi connectivity index (χ1) is 9.82. The van der Waals surface area contributed by atoms with E-state index in [2.05, 4.69) is 91.0 Å². The molecule has 0 atom stereocenters. The molecule has 0 unspecified atom stereocenters. The minimum atomic E-state index is 0.0888. The minimum absolute atomic E-state index is 0.0888. The molecule has 100 valence electrons. The summed E-state index contributed by atoms with van der Waals surface area (Å²) in [6.07, 6.45) is 0. The van der Waals surface area contributed by atoms with Crippen LogP contribution in [0, 0.1) is 0 Å². The molecule has 0 aliphatic carbocycles. The Balaban J connectivity index is 2.24. The van der Waals surface area contributed by atoms with E-state index >= 15 is 0 Å². The second-order valence-electron chi connectivity index (χ2n) is 5.22. The first-order valence-corrected chi connectivity index (χ1v) is 9.84. The number of rotatable bonds is 3. The van der Waals surface area contributed by atoms with Crippen LogP contribution in [-0.2, 0) is 3.36 Å². The van der Waals surface area contributed by atoms with Crippen molar-refractivity contribution in [3.63, 3.8) is 0 Å². The second-order valence-corrected chi connectivity index (χ2v) is 9.50. The predicted octanol–water partition coefficient (Wildman–Crippen LogP) is 3.08. The molecule has 0 saturated carbocycles. The van der Waals surface area contributed by atoms with E-state index in [-0.39, 0.29) is 3.36 Å². The van der Waals surface area contributed by atoms with Crippen LogP contribution in [0.1, 0.15) is 16.7 Å². The zero-order valence-corrected chi connectivity index (χ0v) is 17.4. The van der Waals surface area contributed by atoms with Gasteiger partial charge >= 0.3 is 134 Å². The quantitative estimate of drug-likeness (QED) is 0.492. The van der Waals surface area contributed by atoms with E-state index in [9.17, 15) is 0 Å². The average molecular weight is 369 g/mol. The summed E-state index contributed by atoms with van der Waals surface area (Å²) in [5.41, 5.74) is 4.23. The van der Waals surface area contributed by atoms with Crippen molar-refractivity contribution in [3.05, 3.63) is 108 Å². The molecule has 0 fully saturated rings. The molecule has 0 N–H and O–H groups in total. The molecule has 3 aromatic rings. The summed E-state index contributed by atoms with van der Waals surface area (Å²) in [4.78, 5) is 0. The SMILES string of the molecule is [SbH4][C](c1ccccc1)(c1ccccc1)c1ccccc1. The van der Waals surface area contributed by atoms with E-state index in [1.807, 2.05) is 0 Å². The molecule has 0 aromatic heterocycles. The Hall–Kier alpha value is -1.52. The van der Waals surface area contributed by atoms with Crippen molar-refractivity contribution in [1.29, 1.82) is 0 Å². The van der Waals surface area contributed by atoms with Crippen molar-refractivity contribution in [2.45, 2.75) is 3.36 Å². The summed E-state index contributed by atoms with van der Waals surface area (Å²) in [6.45, 7) is 0. The summed E-state index contributed by atoms with van der Waals surface area (Å²) in [7, 11) is 0. The first kappa shape index (κ1) is 13.5. The van der Waals surface area contributed by atoms with Crippen LogP contribution in [-0.4, -0.2) is 23.0 Å². The third kappa shape index (κ3) is 2.41. The summed E-state index contributed by atoms with van der Waals surface area (Å²) in [6, 6.07) is 32.7. The summed E-state index contributed by atoms with van der Waals surface area (Å²) >= 11 is 0.382. The predicted molar refractivity (Wildman–Crippen MR) is 90.5 cm³/mol. The Morgan fingerprint density at radius 2 is 0.700 bits per heavy atom. The third-order valence-corrected chi connectivity index (χ3v) is 9.00. The summed E-state index contributed by atoms with van der Waals surface area (Å²) in [5, 5.41) is 0. The van der Waals surface area contributed by atoms with Crippen LogP contribution < -0.4 is 0 Å². The van der Waals surface area contributed by atoms with Crippen molar-refractivity contribution in [1.82, 2.24) is 0 Å². The van der Waals surface area contributed by atoms with E-state index in [0.29, 0.717) is 23.0 Å². The monoisotopic (exact) mass is 368 g/mol. The van der Waals surface area contributed by atoms with Crippen LogP contribution >= 0.6 is 0 Å². The maximum absolute atomic E-state index is 2.26. The van der Waals surface area contributed by atoms with Gasteiger partial charge in [0.15, 0.2) is 0 Å². The van der Waals surface area contributed by atoms with Crippen molar-refractivity contribution < 1.29 is 0 Å². The van der Waals surface area contributed by atoms with Crippen molar-refractivity contribution in [2.75, 3.05) is 0 Å². The topological polar surface area (TPSA) is 0 Å². The van der Waals surface area contributed by atoms with E-state index in [4.69, 9.17) is 0 Å². The molecule has 0 amide bonds.